The van der Waals surface area contributed by atoms with Gasteiger partial charge in [-0.25, -0.2) is 4.98 Å². The Bertz CT molecular complexity index is 1180. The van der Waals surface area contributed by atoms with Crippen LogP contribution in [0, 0.1) is 6.92 Å². The van der Waals surface area contributed by atoms with Crippen LogP contribution in [-0.2, 0) is 6.54 Å². The van der Waals surface area contributed by atoms with Gasteiger partial charge < -0.3 is 15.0 Å². The number of aryl methyl sites for hydroxylation is 1. The average Bonchev–Trinajstić information content (AvgIpc) is 3.33. The van der Waals surface area contributed by atoms with E-state index in [1.54, 1.807) is 11.3 Å². The number of aldehydes is 1. The number of hydrogen-bond donors (Lipinski definition) is 1. The van der Waals surface area contributed by atoms with Crippen molar-refractivity contribution in [3.63, 3.8) is 0 Å². The second-order valence-corrected chi connectivity index (χ2v) is 8.32. The molecule has 2 N–H and O–H groups in total. The summed E-state index contributed by atoms with van der Waals surface area (Å²) in [5.74, 6) is 0.385. The number of nitrogens with two attached hydrogens (primary N) is 1. The monoisotopic (exact) mass is 421 g/mol. The van der Waals surface area contributed by atoms with Gasteiger partial charge in [0.05, 0.1) is 17.7 Å². The van der Waals surface area contributed by atoms with E-state index in [1.165, 1.54) is 0 Å². The molecule has 4 rings (SSSR count). The van der Waals surface area contributed by atoms with Crippen molar-refractivity contribution in [2.45, 2.75) is 33.2 Å². The summed E-state index contributed by atoms with van der Waals surface area (Å²) < 4.78 is 7.80. The molecule has 1 aromatic carbocycles. The van der Waals surface area contributed by atoms with Crippen LogP contribution >= 0.6 is 11.3 Å². The highest BCUT2D eigenvalue weighted by molar-refractivity contribution is 7.14. The first-order valence-electron chi connectivity index (χ1n) is 9.85. The Morgan fingerprint density at radius 2 is 2.03 bits per heavy atom. The van der Waals surface area contributed by atoms with E-state index in [-0.39, 0.29) is 6.01 Å². The zero-order valence-corrected chi connectivity index (χ0v) is 17.8. The predicted molar refractivity (Wildman–Crippen MR) is 119 cm³/mol. The number of benzene rings is 1. The van der Waals surface area contributed by atoms with Gasteiger partial charge in [-0.2, -0.15) is 9.97 Å². The van der Waals surface area contributed by atoms with Crippen molar-refractivity contribution >= 4 is 34.5 Å². The number of thiazole rings is 1. The number of unbranched alkanes of at least 4 members (excludes halogenated alkanes) is 1. The van der Waals surface area contributed by atoms with Gasteiger partial charge in [-0.05, 0) is 25.0 Å². The third kappa shape index (κ3) is 4.04. The molecule has 0 saturated heterocycles. The lowest BCUT2D eigenvalue weighted by Gasteiger charge is -2.10. The largest absolute Gasteiger partial charge is 0.463 e. The average molecular weight is 422 g/mol. The summed E-state index contributed by atoms with van der Waals surface area (Å²) in [6, 6.07) is 9.77. The van der Waals surface area contributed by atoms with Gasteiger partial charge in [-0.3, -0.25) is 4.79 Å². The van der Waals surface area contributed by atoms with Gasteiger partial charge in [-0.15, -0.1) is 11.3 Å². The zero-order chi connectivity index (χ0) is 21.1. The first-order chi connectivity index (χ1) is 14.6. The van der Waals surface area contributed by atoms with Gasteiger partial charge in [0.2, 0.25) is 0 Å². The Kier molecular flexibility index (Phi) is 5.76. The van der Waals surface area contributed by atoms with Gasteiger partial charge >= 0.3 is 6.01 Å². The molecule has 0 spiro atoms. The van der Waals surface area contributed by atoms with Crippen molar-refractivity contribution in [2.24, 2.45) is 0 Å². The normalized spacial score (nSPS) is 11.1. The third-order valence-corrected chi connectivity index (χ3v) is 5.72. The lowest BCUT2D eigenvalue weighted by molar-refractivity contribution is 0.112. The van der Waals surface area contributed by atoms with E-state index in [9.17, 15) is 4.79 Å². The van der Waals surface area contributed by atoms with Crippen LogP contribution in [-0.4, -0.2) is 32.4 Å². The lowest BCUT2D eigenvalue weighted by Crippen LogP contribution is -2.07. The Morgan fingerprint density at radius 3 is 2.70 bits per heavy atom. The quantitative estimate of drug-likeness (QED) is 0.333. The highest BCUT2D eigenvalue weighted by Crippen LogP contribution is 2.33. The number of nitrogens with zero attached hydrogens (tertiary/aromatic N) is 4. The topological polar surface area (TPSA) is 95.9 Å². The van der Waals surface area contributed by atoms with E-state index in [1.807, 2.05) is 43.5 Å². The first kappa shape index (κ1) is 20.0. The molecule has 0 radical (unpaired) electrons. The van der Waals surface area contributed by atoms with E-state index >= 15 is 0 Å². The highest BCUT2D eigenvalue weighted by Gasteiger charge is 2.19. The molecule has 0 unspecified atom stereocenters. The molecule has 0 fully saturated rings. The van der Waals surface area contributed by atoms with E-state index in [0.717, 1.165) is 45.7 Å². The maximum absolute atomic E-state index is 11.0. The number of ether oxygens (including phenoxy) is 1. The fourth-order valence-corrected chi connectivity index (χ4v) is 3.98. The molecule has 0 aliphatic carbocycles. The van der Waals surface area contributed by atoms with Crippen molar-refractivity contribution in [1.29, 1.82) is 0 Å². The second kappa shape index (κ2) is 8.62. The van der Waals surface area contributed by atoms with Gasteiger partial charge in [0.1, 0.15) is 22.8 Å². The van der Waals surface area contributed by atoms with Crippen molar-refractivity contribution in [2.75, 3.05) is 12.3 Å². The van der Waals surface area contributed by atoms with Crippen molar-refractivity contribution < 1.29 is 9.53 Å². The maximum Gasteiger partial charge on any atom is 0.320 e. The molecule has 4 aromatic rings. The van der Waals surface area contributed by atoms with Crippen LogP contribution in [0.3, 0.4) is 0 Å². The van der Waals surface area contributed by atoms with Crippen molar-refractivity contribution in [1.82, 2.24) is 19.5 Å². The summed E-state index contributed by atoms with van der Waals surface area (Å²) in [6.07, 6.45) is 4.65. The third-order valence-electron chi connectivity index (χ3n) is 4.79. The molecule has 0 aliphatic rings. The Hall–Kier alpha value is -3.26. The SMILES string of the molecule is CCCCOc1nc(N)c2cc(-c3ncc(C)s3)n(Cc3ccc(C=O)cc3)c2n1. The molecule has 0 aliphatic heterocycles. The minimum atomic E-state index is 0.283. The Balaban J connectivity index is 1.82. The number of anilines is 1. The van der Waals surface area contributed by atoms with Crippen LogP contribution in [0.5, 0.6) is 6.01 Å². The molecule has 3 aromatic heterocycles. The van der Waals surface area contributed by atoms with Gasteiger partial charge in [0.15, 0.2) is 0 Å². The summed E-state index contributed by atoms with van der Waals surface area (Å²) in [7, 11) is 0. The van der Waals surface area contributed by atoms with E-state index in [0.29, 0.717) is 30.2 Å². The fourth-order valence-electron chi connectivity index (χ4n) is 3.19. The van der Waals surface area contributed by atoms with Crippen LogP contribution in [0.15, 0.2) is 36.5 Å². The van der Waals surface area contributed by atoms with E-state index < -0.39 is 0 Å². The summed E-state index contributed by atoms with van der Waals surface area (Å²) in [6.45, 7) is 5.24. The van der Waals surface area contributed by atoms with Gasteiger partial charge in [0, 0.05) is 23.2 Å². The lowest BCUT2D eigenvalue weighted by atomic mass is 10.1. The number of carbonyl (C=O) groups excluding carboxylic acids is 1. The smallest absolute Gasteiger partial charge is 0.320 e. The standard InChI is InChI=1S/C22H23N5O2S/c1-3-4-9-29-22-25-19(23)17-10-18(21-24-11-14(2)30-21)27(20(17)26-22)12-15-5-7-16(13-28)8-6-15/h5-8,10-11,13H,3-4,9,12H2,1-2H3,(H2,23,25,26). The van der Waals surface area contributed by atoms with Crippen LogP contribution in [0.2, 0.25) is 0 Å². The summed E-state index contributed by atoms with van der Waals surface area (Å²) in [5.41, 5.74) is 9.57. The van der Waals surface area contributed by atoms with E-state index in [4.69, 9.17) is 10.5 Å². The number of carbonyl (C=O) groups is 1. The molecule has 154 valence electrons. The minimum Gasteiger partial charge on any atom is -0.463 e. The summed E-state index contributed by atoms with van der Waals surface area (Å²) in [4.78, 5) is 25.6. The number of fused-ring (bicyclic) bond motifs is 1. The fraction of sp³-hybridized carbons (Fsp3) is 0.273. The maximum atomic E-state index is 11.0. The molecule has 7 nitrogen and oxygen atoms in total. The molecule has 0 saturated carbocycles. The molecule has 30 heavy (non-hydrogen) atoms. The summed E-state index contributed by atoms with van der Waals surface area (Å²) in [5, 5.41) is 1.66. The molecular weight excluding hydrogens is 398 g/mol. The molecule has 0 atom stereocenters. The van der Waals surface area contributed by atoms with Gasteiger partial charge in [0.25, 0.3) is 0 Å². The van der Waals surface area contributed by atoms with Crippen molar-refractivity contribution in [3.05, 3.63) is 52.5 Å². The zero-order valence-electron chi connectivity index (χ0n) is 17.0. The van der Waals surface area contributed by atoms with Gasteiger partial charge in [-0.1, -0.05) is 37.6 Å². The Labute approximate surface area is 178 Å². The Morgan fingerprint density at radius 1 is 1.23 bits per heavy atom. The van der Waals surface area contributed by atoms with Crippen LogP contribution in [0.1, 0.15) is 40.6 Å². The summed E-state index contributed by atoms with van der Waals surface area (Å²) >= 11 is 1.62. The van der Waals surface area contributed by atoms with Crippen molar-refractivity contribution in [3.8, 4) is 16.7 Å². The minimum absolute atomic E-state index is 0.283. The predicted octanol–water partition coefficient (Wildman–Crippen LogP) is 4.49. The number of rotatable bonds is 8. The second-order valence-electron chi connectivity index (χ2n) is 7.08. The van der Waals surface area contributed by atoms with Crippen LogP contribution < -0.4 is 10.5 Å². The van der Waals surface area contributed by atoms with Crippen LogP contribution in [0.4, 0.5) is 5.82 Å². The molecule has 0 amide bonds. The number of aromatic nitrogens is 4. The van der Waals surface area contributed by atoms with E-state index in [2.05, 4.69) is 26.4 Å². The number of hydrogen-bond acceptors (Lipinski definition) is 7. The van der Waals surface area contributed by atoms with Crippen LogP contribution in [0.25, 0.3) is 21.7 Å². The molecular formula is C22H23N5O2S. The molecule has 3 heterocycles. The first-order valence-corrected chi connectivity index (χ1v) is 10.7. The highest BCUT2D eigenvalue weighted by atomic mass is 32.1. The molecule has 8 heteroatoms. The number of nitrogen functional groups attached to an aromatic ring is 1. The molecule has 0 bridgehead atoms.